The van der Waals surface area contributed by atoms with E-state index in [0.717, 1.165) is 15.5 Å². The number of nitrogens with one attached hydrogen (secondary N) is 1. The molecule has 236 valence electrons. The fourth-order valence-electron chi connectivity index (χ4n) is 4.90. The molecule has 22 nitrogen and oxygen atoms in total. The minimum absolute atomic E-state index is 0.0954. The van der Waals surface area contributed by atoms with Gasteiger partial charge in [0.1, 0.15) is 36.5 Å². The number of aromatic nitrogens is 6. The van der Waals surface area contributed by atoms with Crippen molar-refractivity contribution in [3.05, 3.63) is 39.4 Å². The fourth-order valence-corrected chi connectivity index (χ4v) is 6.68. The molecule has 2 unspecified atom stereocenters. The number of fused-ring (bicyclic) bond motifs is 1. The van der Waals surface area contributed by atoms with E-state index in [-0.39, 0.29) is 29.4 Å². The van der Waals surface area contributed by atoms with Crippen molar-refractivity contribution in [2.24, 2.45) is 0 Å². The molecule has 9 atom stereocenters. The lowest BCUT2D eigenvalue weighted by Crippen LogP contribution is -2.41. The number of anilines is 2. The first-order chi connectivity index (χ1) is 20.0. The minimum Gasteiger partial charge on any atom is -0.390 e. The normalized spacial score (nSPS) is 30.0. The maximum atomic E-state index is 12.5. The van der Waals surface area contributed by atoms with Crippen LogP contribution in [0.1, 0.15) is 25.3 Å². The Labute approximate surface area is 238 Å². The van der Waals surface area contributed by atoms with Gasteiger partial charge in [0.2, 0.25) is 5.95 Å². The Kier molecular flexibility index (Phi) is 8.33. The van der Waals surface area contributed by atoms with E-state index in [2.05, 4.69) is 24.2 Å². The van der Waals surface area contributed by atoms with E-state index < -0.39 is 82.4 Å². The van der Waals surface area contributed by atoms with Gasteiger partial charge in [-0.15, -0.1) is 0 Å². The summed E-state index contributed by atoms with van der Waals surface area (Å²) < 4.78 is 46.2. The lowest BCUT2D eigenvalue weighted by Gasteiger charge is -2.29. The van der Waals surface area contributed by atoms with Crippen LogP contribution in [-0.4, -0.2) is 95.7 Å². The first kappa shape index (κ1) is 31.3. The van der Waals surface area contributed by atoms with Crippen molar-refractivity contribution in [3.63, 3.8) is 0 Å². The highest BCUT2D eigenvalue weighted by Crippen LogP contribution is 2.59. The van der Waals surface area contributed by atoms with E-state index in [4.69, 9.17) is 35.3 Å². The second kappa shape index (κ2) is 11.4. The van der Waals surface area contributed by atoms with Crippen molar-refractivity contribution < 1.29 is 57.4 Å². The molecule has 2 fully saturated rings. The van der Waals surface area contributed by atoms with Crippen LogP contribution in [-0.2, 0) is 27.4 Å². The molecule has 2 saturated heterocycles. The first-order valence-corrected chi connectivity index (χ1v) is 15.3. The number of aliphatic hydroxyl groups excluding tert-OH is 3. The van der Waals surface area contributed by atoms with Gasteiger partial charge in [-0.1, -0.05) is 0 Å². The molecule has 2 aliphatic heterocycles. The van der Waals surface area contributed by atoms with Gasteiger partial charge in [0.05, 0.1) is 18.5 Å². The average Bonchev–Trinajstić information content (AvgIpc) is 3.54. The van der Waals surface area contributed by atoms with E-state index >= 15 is 0 Å². The van der Waals surface area contributed by atoms with Crippen molar-refractivity contribution in [3.8, 4) is 0 Å². The summed E-state index contributed by atoms with van der Waals surface area (Å²) in [4.78, 5) is 66.3. The van der Waals surface area contributed by atoms with Crippen LogP contribution in [0, 0.1) is 0 Å². The Morgan fingerprint density at radius 1 is 1.09 bits per heavy atom. The molecule has 11 N–H and O–H groups in total. The summed E-state index contributed by atoms with van der Waals surface area (Å²) in [6.07, 6.45) is -11.1. The lowest BCUT2D eigenvalue weighted by atomic mass is 9.98. The number of H-pyrrole nitrogens is 1. The molecule has 3 aromatic heterocycles. The molecule has 0 amide bonds. The molecule has 3 aromatic rings. The smallest absolute Gasteiger partial charge is 0.390 e. The van der Waals surface area contributed by atoms with Gasteiger partial charge in [0.15, 0.2) is 17.4 Å². The number of phosphoric ester groups is 1. The number of ether oxygens (including phenoxy) is 2. The first-order valence-electron chi connectivity index (χ1n) is 12.2. The third-order valence-electron chi connectivity index (χ3n) is 6.67. The van der Waals surface area contributed by atoms with Gasteiger partial charge in [-0.2, -0.15) is 14.3 Å². The largest absolute Gasteiger partial charge is 0.481 e. The number of rotatable bonds is 9. The monoisotopic (exact) mass is 652 g/mol. The van der Waals surface area contributed by atoms with Gasteiger partial charge < -0.3 is 50.9 Å². The summed E-state index contributed by atoms with van der Waals surface area (Å²) in [5, 5.41) is 32.4. The number of nitrogens with zero attached hydrogens (tertiary/aromatic N) is 5. The zero-order chi connectivity index (χ0) is 31.4. The summed E-state index contributed by atoms with van der Waals surface area (Å²) >= 11 is 0. The summed E-state index contributed by atoms with van der Waals surface area (Å²) in [6, 6.07) is 1.27. The SMILES string of the molecule is Nc1ccn([C@H]2C[C@H](O)[C@@H](C(C[C@H]3O[C@@H](n4cnc5c(=O)[nH]c(N)nc54)[C@H](O)[C@@H]3O)OP(=O)(O)OP(=O)(O)O)O2)c(=O)n1. The van der Waals surface area contributed by atoms with Crippen molar-refractivity contribution in [1.82, 2.24) is 29.1 Å². The highest BCUT2D eigenvalue weighted by molar-refractivity contribution is 7.60. The molecular formula is C19H26N8O14P2. The number of nitrogen functional groups attached to an aromatic ring is 2. The van der Waals surface area contributed by atoms with Crippen LogP contribution in [0.5, 0.6) is 0 Å². The van der Waals surface area contributed by atoms with Gasteiger partial charge in [-0.25, -0.2) is 18.9 Å². The highest BCUT2D eigenvalue weighted by Gasteiger charge is 2.50. The predicted molar refractivity (Wildman–Crippen MR) is 138 cm³/mol. The Morgan fingerprint density at radius 2 is 1.81 bits per heavy atom. The number of imidazole rings is 1. The van der Waals surface area contributed by atoms with Gasteiger partial charge >= 0.3 is 21.3 Å². The molecule has 5 rings (SSSR count). The van der Waals surface area contributed by atoms with Gasteiger partial charge in [0.25, 0.3) is 5.56 Å². The van der Waals surface area contributed by atoms with Gasteiger partial charge in [-0.05, 0) is 6.07 Å². The second-order valence-electron chi connectivity index (χ2n) is 9.64. The highest BCUT2D eigenvalue weighted by atomic mass is 31.3. The van der Waals surface area contributed by atoms with E-state index in [1.165, 1.54) is 12.3 Å². The number of aliphatic hydroxyl groups is 3. The van der Waals surface area contributed by atoms with Crippen molar-refractivity contribution in [2.45, 2.75) is 61.9 Å². The summed E-state index contributed by atoms with van der Waals surface area (Å²) in [5.74, 6) is -0.375. The number of nitrogens with two attached hydrogens (primary N) is 2. The Hall–Kier alpha value is -3.11. The summed E-state index contributed by atoms with van der Waals surface area (Å²) in [7, 11) is -11.2. The molecule has 24 heteroatoms. The fraction of sp³-hybridized carbons (Fsp3) is 0.526. The molecule has 0 radical (unpaired) electrons. The molecule has 0 bridgehead atoms. The zero-order valence-corrected chi connectivity index (χ0v) is 23.3. The maximum absolute atomic E-state index is 12.5. The van der Waals surface area contributed by atoms with Crippen LogP contribution < -0.4 is 22.7 Å². The minimum atomic E-state index is -5.58. The van der Waals surface area contributed by atoms with E-state index in [1.807, 2.05) is 0 Å². The van der Waals surface area contributed by atoms with Crippen LogP contribution in [0.3, 0.4) is 0 Å². The molecule has 0 aromatic carbocycles. The number of aromatic amines is 1. The average molecular weight is 652 g/mol. The predicted octanol–water partition coefficient (Wildman–Crippen LogP) is -3.21. The molecule has 0 spiro atoms. The molecule has 43 heavy (non-hydrogen) atoms. The van der Waals surface area contributed by atoms with Crippen LogP contribution in [0.25, 0.3) is 11.2 Å². The summed E-state index contributed by atoms with van der Waals surface area (Å²) in [5.41, 5.74) is 9.27. The number of phosphoric acid groups is 2. The zero-order valence-electron chi connectivity index (χ0n) is 21.5. The third-order valence-corrected chi connectivity index (χ3v) is 8.88. The van der Waals surface area contributed by atoms with Crippen LogP contribution in [0.2, 0.25) is 0 Å². The van der Waals surface area contributed by atoms with Crippen LogP contribution in [0.15, 0.2) is 28.2 Å². The second-order valence-corrected chi connectivity index (χ2v) is 12.4. The molecule has 0 aliphatic carbocycles. The number of hydrogen-bond acceptors (Lipinski definition) is 16. The summed E-state index contributed by atoms with van der Waals surface area (Å²) in [6.45, 7) is 0. The Morgan fingerprint density at radius 3 is 2.49 bits per heavy atom. The Bertz CT molecular complexity index is 1720. The standard InChI is InChI=1S/C19H26N8O14P2/c20-9-1-2-26(19(32)23-9)10-3-6(28)14(39-10)8(40-43(36,37)41-42(33,34)35)4-7-12(29)13(30)17(38-7)27-5-22-11-15(27)24-18(21)25-16(11)31/h1-2,5-8,10,12-14,17,28-30H,3-4H2,(H,36,37)(H2,20,23,32)(H2,33,34,35)(H3,21,24,25,31)/t6-,7+,8?,10+,12+,13+,14-,17+/m0/s1. The van der Waals surface area contributed by atoms with E-state index in [1.54, 1.807) is 0 Å². The third kappa shape index (κ3) is 6.55. The lowest BCUT2D eigenvalue weighted by molar-refractivity contribution is -0.106. The van der Waals surface area contributed by atoms with Crippen LogP contribution >= 0.6 is 15.6 Å². The number of hydrogen-bond donors (Lipinski definition) is 9. The van der Waals surface area contributed by atoms with Crippen LogP contribution in [0.4, 0.5) is 11.8 Å². The molecule has 5 heterocycles. The van der Waals surface area contributed by atoms with Gasteiger partial charge in [0, 0.05) is 19.0 Å². The maximum Gasteiger partial charge on any atom is 0.481 e. The van der Waals surface area contributed by atoms with E-state index in [9.17, 15) is 38.9 Å². The topological polar surface area (TPSA) is 343 Å². The molecular weight excluding hydrogens is 626 g/mol. The molecule has 0 saturated carbocycles. The van der Waals surface area contributed by atoms with Gasteiger partial charge in [-0.3, -0.25) is 23.4 Å². The molecule has 2 aliphatic rings. The quantitative estimate of drug-likeness (QED) is 0.103. The van der Waals surface area contributed by atoms with Crippen molar-refractivity contribution in [2.75, 3.05) is 11.5 Å². The van der Waals surface area contributed by atoms with E-state index in [0.29, 0.717) is 0 Å². The van der Waals surface area contributed by atoms with Crippen molar-refractivity contribution >= 4 is 38.6 Å². The Balaban J connectivity index is 1.43. The van der Waals surface area contributed by atoms with Crippen molar-refractivity contribution in [1.29, 1.82) is 0 Å².